The summed E-state index contributed by atoms with van der Waals surface area (Å²) >= 11 is 0. The molecule has 8 heteroatoms. The van der Waals surface area contributed by atoms with Gasteiger partial charge in [0.15, 0.2) is 0 Å². The number of allylic oxidation sites excluding steroid dienone is 1. The van der Waals surface area contributed by atoms with Crippen LogP contribution in [0.25, 0.3) is 5.57 Å². The second-order valence-corrected chi connectivity index (χ2v) is 7.14. The molecule has 3 rings (SSSR count). The average molecular weight is 426 g/mol. The van der Waals surface area contributed by atoms with E-state index in [0.717, 1.165) is 49.3 Å². The molecule has 162 valence electrons. The Balaban J connectivity index is 1.88. The Morgan fingerprint density at radius 1 is 1.17 bits per heavy atom. The van der Waals surface area contributed by atoms with Gasteiger partial charge in [0, 0.05) is 24.3 Å². The van der Waals surface area contributed by atoms with E-state index in [0.29, 0.717) is 17.2 Å². The number of anilines is 1. The first-order valence-electron chi connectivity index (χ1n) is 9.64. The van der Waals surface area contributed by atoms with Crippen LogP contribution in [0.15, 0.2) is 48.5 Å². The number of rotatable bonds is 6. The van der Waals surface area contributed by atoms with Gasteiger partial charge in [-0.15, -0.1) is 0 Å². The minimum absolute atomic E-state index is 0.132. The van der Waals surface area contributed by atoms with Crippen molar-refractivity contribution < 1.29 is 26.7 Å². The lowest BCUT2D eigenvalue weighted by Gasteiger charge is -2.25. The van der Waals surface area contributed by atoms with Gasteiger partial charge in [-0.2, -0.15) is 22.0 Å². The summed E-state index contributed by atoms with van der Waals surface area (Å²) in [5.74, 6) is 0.653. The predicted molar refractivity (Wildman–Crippen MR) is 107 cm³/mol. The van der Waals surface area contributed by atoms with E-state index in [-0.39, 0.29) is 6.54 Å². The fraction of sp³-hybridized carbons (Fsp3) is 0.364. The lowest BCUT2D eigenvalue weighted by atomic mass is 9.90. The third-order valence-electron chi connectivity index (χ3n) is 5.21. The first-order valence-corrected chi connectivity index (χ1v) is 9.64. The first-order chi connectivity index (χ1) is 14.3. The summed E-state index contributed by atoms with van der Waals surface area (Å²) in [6, 6.07) is 11.1. The van der Waals surface area contributed by atoms with E-state index in [1.807, 2.05) is 24.3 Å². The number of benzene rings is 2. The van der Waals surface area contributed by atoms with Crippen molar-refractivity contribution in [1.29, 1.82) is 0 Å². The van der Waals surface area contributed by atoms with Crippen LogP contribution in [-0.4, -0.2) is 26.4 Å². The Labute approximate surface area is 171 Å². The molecule has 0 aromatic heterocycles. The zero-order chi connectivity index (χ0) is 21.7. The van der Waals surface area contributed by atoms with Crippen molar-refractivity contribution in [2.75, 3.05) is 25.5 Å². The first kappa shape index (κ1) is 22.1. The monoisotopic (exact) mass is 426 g/mol. The zero-order valence-corrected chi connectivity index (χ0v) is 16.5. The van der Waals surface area contributed by atoms with Gasteiger partial charge < -0.3 is 15.4 Å². The number of para-hydroxylation sites is 1. The van der Waals surface area contributed by atoms with Crippen LogP contribution < -0.4 is 15.4 Å². The highest BCUT2D eigenvalue weighted by molar-refractivity contribution is 5.71. The van der Waals surface area contributed by atoms with Crippen molar-refractivity contribution in [2.24, 2.45) is 0 Å². The maximum Gasteiger partial charge on any atom is 0.422 e. The second-order valence-electron chi connectivity index (χ2n) is 7.14. The molecule has 0 bridgehead atoms. The summed E-state index contributed by atoms with van der Waals surface area (Å²) in [6.45, 7) is 1.97. The van der Waals surface area contributed by atoms with Gasteiger partial charge in [0.05, 0.1) is 7.11 Å². The van der Waals surface area contributed by atoms with Crippen molar-refractivity contribution in [1.82, 2.24) is 5.32 Å². The molecule has 1 aliphatic rings. The topological polar surface area (TPSA) is 33.3 Å². The van der Waals surface area contributed by atoms with Crippen LogP contribution in [-0.2, 0) is 6.54 Å². The van der Waals surface area contributed by atoms with Gasteiger partial charge >= 0.3 is 6.18 Å². The summed E-state index contributed by atoms with van der Waals surface area (Å²) in [4.78, 5) is 0. The molecule has 0 saturated carbocycles. The van der Waals surface area contributed by atoms with Crippen molar-refractivity contribution >= 4 is 11.3 Å². The molecule has 2 aromatic carbocycles. The van der Waals surface area contributed by atoms with E-state index in [9.17, 15) is 22.0 Å². The van der Waals surface area contributed by atoms with E-state index in [1.165, 1.54) is 13.2 Å². The highest BCUT2D eigenvalue weighted by Gasteiger charge is 2.39. The van der Waals surface area contributed by atoms with Gasteiger partial charge in [0.2, 0.25) is 0 Å². The molecule has 0 aliphatic carbocycles. The average Bonchev–Trinajstić information content (AvgIpc) is 2.72. The molecule has 1 fully saturated rings. The van der Waals surface area contributed by atoms with Gasteiger partial charge in [-0.1, -0.05) is 24.3 Å². The smallest absolute Gasteiger partial charge is 0.422 e. The van der Waals surface area contributed by atoms with E-state index in [4.69, 9.17) is 4.74 Å². The summed E-state index contributed by atoms with van der Waals surface area (Å²) in [7, 11) is 1.39. The summed E-state index contributed by atoms with van der Waals surface area (Å²) in [6.07, 6.45) is -5.81. The molecule has 1 heterocycles. The van der Waals surface area contributed by atoms with E-state index in [2.05, 4.69) is 10.6 Å². The number of piperidine rings is 1. The highest BCUT2D eigenvalue weighted by atomic mass is 19.4. The van der Waals surface area contributed by atoms with Crippen molar-refractivity contribution in [3.05, 3.63) is 65.2 Å². The Morgan fingerprint density at radius 2 is 1.93 bits per heavy atom. The summed E-state index contributed by atoms with van der Waals surface area (Å²) in [5, 5.41) is 6.61. The number of hydrogen-bond acceptors (Lipinski definition) is 3. The molecule has 3 nitrogen and oxygen atoms in total. The minimum Gasteiger partial charge on any atom is -0.496 e. The third-order valence-corrected chi connectivity index (χ3v) is 5.21. The van der Waals surface area contributed by atoms with Gasteiger partial charge in [0.25, 0.3) is 6.08 Å². The number of nitrogens with one attached hydrogen (secondary N) is 2. The number of hydrogen-bond donors (Lipinski definition) is 2. The van der Waals surface area contributed by atoms with Crippen LogP contribution in [0.3, 0.4) is 0 Å². The molecule has 1 aliphatic heterocycles. The van der Waals surface area contributed by atoms with Crippen LogP contribution >= 0.6 is 0 Å². The molecule has 2 N–H and O–H groups in total. The molecule has 0 amide bonds. The maximum atomic E-state index is 13.1. The van der Waals surface area contributed by atoms with E-state index in [1.54, 1.807) is 0 Å². The Bertz CT molecular complexity index is 901. The van der Waals surface area contributed by atoms with Crippen LogP contribution in [0.5, 0.6) is 5.75 Å². The van der Waals surface area contributed by atoms with Crippen molar-refractivity contribution in [3.63, 3.8) is 0 Å². The molecular formula is C22H23F5N2O. The highest BCUT2D eigenvalue weighted by Crippen LogP contribution is 2.39. The molecule has 2 aromatic rings. The minimum atomic E-state index is -5.15. The van der Waals surface area contributed by atoms with E-state index < -0.39 is 23.4 Å². The molecule has 30 heavy (non-hydrogen) atoms. The van der Waals surface area contributed by atoms with Crippen LogP contribution in [0.1, 0.15) is 35.4 Å². The standard InChI is InChI=1S/C22H23F5N2O/c1-30-19-9-8-14(20(21(23)24)22(25,26)27)11-16(19)13-29-18-7-3-2-6-17(18)15-5-4-10-28-12-15/h2-3,6-9,11,15,28-29H,4-5,10,12-13H2,1H3/t15-/m1/s1. The number of methoxy groups -OCH3 is 1. The lowest BCUT2D eigenvalue weighted by molar-refractivity contribution is -0.0711. The van der Waals surface area contributed by atoms with Gasteiger partial charge in [-0.3, -0.25) is 0 Å². The van der Waals surface area contributed by atoms with Crippen LogP contribution in [0.2, 0.25) is 0 Å². The van der Waals surface area contributed by atoms with Crippen molar-refractivity contribution in [2.45, 2.75) is 31.5 Å². The Morgan fingerprint density at radius 3 is 2.57 bits per heavy atom. The summed E-state index contributed by atoms with van der Waals surface area (Å²) in [5.41, 5.74) is -0.188. The number of ether oxygens (including phenoxy) is 1. The van der Waals surface area contributed by atoms with Gasteiger partial charge in [-0.05, 0) is 54.6 Å². The van der Waals surface area contributed by atoms with Crippen molar-refractivity contribution in [3.8, 4) is 5.75 Å². The molecule has 0 spiro atoms. The van der Waals surface area contributed by atoms with Gasteiger partial charge in [0.1, 0.15) is 11.3 Å². The van der Waals surface area contributed by atoms with Gasteiger partial charge in [-0.25, -0.2) is 0 Å². The Hall–Kier alpha value is -2.61. The number of halogens is 5. The quantitative estimate of drug-likeness (QED) is 0.561. The largest absolute Gasteiger partial charge is 0.496 e. The number of alkyl halides is 3. The Kier molecular flexibility index (Phi) is 6.97. The summed E-state index contributed by atoms with van der Waals surface area (Å²) < 4.78 is 70.5. The second kappa shape index (κ2) is 9.47. The molecule has 0 unspecified atom stereocenters. The maximum absolute atomic E-state index is 13.1. The third kappa shape index (κ3) is 5.11. The fourth-order valence-electron chi connectivity index (χ4n) is 3.77. The molecular weight excluding hydrogens is 403 g/mol. The lowest BCUT2D eigenvalue weighted by Crippen LogP contribution is -2.28. The van der Waals surface area contributed by atoms with Crippen LogP contribution in [0.4, 0.5) is 27.6 Å². The van der Waals surface area contributed by atoms with Crippen LogP contribution in [0, 0.1) is 0 Å². The molecule has 0 radical (unpaired) electrons. The molecule has 1 saturated heterocycles. The van der Waals surface area contributed by atoms with E-state index >= 15 is 0 Å². The molecule has 1 atom stereocenters. The zero-order valence-electron chi connectivity index (χ0n) is 16.5. The predicted octanol–water partition coefficient (Wildman–Crippen LogP) is 5.94. The SMILES string of the molecule is COc1ccc(C(=C(F)F)C(F)(F)F)cc1CNc1ccccc1[C@@H]1CCCNC1. The fourth-order valence-corrected chi connectivity index (χ4v) is 3.77. The normalized spacial score (nSPS) is 16.8.